The van der Waals surface area contributed by atoms with Crippen LogP contribution in [-0.4, -0.2) is 19.6 Å². The van der Waals surface area contributed by atoms with Gasteiger partial charge < -0.3 is 15.8 Å². The van der Waals surface area contributed by atoms with Gasteiger partial charge in [0.25, 0.3) is 5.91 Å². The molecule has 0 radical (unpaired) electrons. The lowest BCUT2D eigenvalue weighted by atomic mass is 10.1. The summed E-state index contributed by atoms with van der Waals surface area (Å²) < 4.78 is 5.06. The molecule has 15 heavy (non-hydrogen) atoms. The third-order valence-corrected chi connectivity index (χ3v) is 1.91. The topological polar surface area (TPSA) is 64.4 Å². The van der Waals surface area contributed by atoms with Crippen LogP contribution < -0.4 is 15.8 Å². The Hall–Kier alpha value is -1.97. The minimum Gasteiger partial charge on any atom is -0.496 e. The minimum absolute atomic E-state index is 0.259. The Kier molecular flexibility index (Phi) is 3.74. The molecule has 1 aromatic carbocycles. The number of hydrogen-bond donors (Lipinski definition) is 2. The van der Waals surface area contributed by atoms with Crippen molar-refractivity contribution in [1.29, 1.82) is 0 Å². The highest BCUT2D eigenvalue weighted by Crippen LogP contribution is 2.23. The standard InChI is InChI=1S/C11H14N2O2/c1-3-7-13-11(14)10-8(12)5-4-6-9(10)15-2/h3-6H,1,7,12H2,2H3,(H,13,14). The molecular formula is C11H14N2O2. The van der Waals surface area contributed by atoms with Gasteiger partial charge in [0.2, 0.25) is 0 Å². The van der Waals surface area contributed by atoms with Crippen LogP contribution in [0.1, 0.15) is 10.4 Å². The molecule has 3 N–H and O–H groups in total. The zero-order chi connectivity index (χ0) is 11.3. The van der Waals surface area contributed by atoms with Gasteiger partial charge in [-0.25, -0.2) is 0 Å². The number of anilines is 1. The van der Waals surface area contributed by atoms with Crippen molar-refractivity contribution in [2.45, 2.75) is 0 Å². The van der Waals surface area contributed by atoms with Crippen molar-refractivity contribution in [2.75, 3.05) is 19.4 Å². The van der Waals surface area contributed by atoms with Crippen LogP contribution in [0.4, 0.5) is 5.69 Å². The lowest BCUT2D eigenvalue weighted by Gasteiger charge is -2.10. The maximum absolute atomic E-state index is 11.7. The lowest BCUT2D eigenvalue weighted by Crippen LogP contribution is -2.24. The van der Waals surface area contributed by atoms with E-state index in [1.54, 1.807) is 24.3 Å². The number of carbonyl (C=O) groups is 1. The average molecular weight is 206 g/mol. The molecule has 80 valence electrons. The number of carbonyl (C=O) groups excluding carboxylic acids is 1. The largest absolute Gasteiger partial charge is 0.496 e. The highest BCUT2D eigenvalue weighted by Gasteiger charge is 2.14. The molecule has 0 aromatic heterocycles. The summed E-state index contributed by atoms with van der Waals surface area (Å²) in [5, 5.41) is 2.65. The third-order valence-electron chi connectivity index (χ3n) is 1.91. The number of benzene rings is 1. The third kappa shape index (κ3) is 2.49. The van der Waals surface area contributed by atoms with Gasteiger partial charge in [-0.3, -0.25) is 4.79 Å². The first-order valence-corrected chi connectivity index (χ1v) is 4.52. The van der Waals surface area contributed by atoms with Crippen molar-refractivity contribution in [3.63, 3.8) is 0 Å². The highest BCUT2D eigenvalue weighted by atomic mass is 16.5. The fourth-order valence-corrected chi connectivity index (χ4v) is 1.21. The molecule has 0 saturated heterocycles. The maximum atomic E-state index is 11.7. The van der Waals surface area contributed by atoms with Gasteiger partial charge in [-0.05, 0) is 12.1 Å². The van der Waals surface area contributed by atoms with Crippen LogP contribution in [0.15, 0.2) is 30.9 Å². The average Bonchev–Trinajstić information content (AvgIpc) is 2.25. The molecule has 0 unspecified atom stereocenters. The summed E-state index contributed by atoms with van der Waals surface area (Å²) in [6, 6.07) is 5.09. The summed E-state index contributed by atoms with van der Waals surface area (Å²) in [5.41, 5.74) is 6.46. The number of ether oxygens (including phenoxy) is 1. The first kappa shape index (κ1) is 11.1. The molecule has 0 aliphatic heterocycles. The number of nitrogens with two attached hydrogens (primary N) is 1. The summed E-state index contributed by atoms with van der Waals surface area (Å²) in [4.78, 5) is 11.7. The van der Waals surface area contributed by atoms with E-state index in [0.717, 1.165) is 0 Å². The van der Waals surface area contributed by atoms with Crippen LogP contribution in [0, 0.1) is 0 Å². The zero-order valence-corrected chi connectivity index (χ0v) is 8.62. The Labute approximate surface area is 88.7 Å². The molecule has 4 heteroatoms. The maximum Gasteiger partial charge on any atom is 0.257 e. The van der Waals surface area contributed by atoms with E-state index in [4.69, 9.17) is 10.5 Å². The monoisotopic (exact) mass is 206 g/mol. The fourth-order valence-electron chi connectivity index (χ4n) is 1.21. The number of rotatable bonds is 4. The molecule has 0 saturated carbocycles. The fraction of sp³-hybridized carbons (Fsp3) is 0.182. The van der Waals surface area contributed by atoms with Gasteiger partial charge in [-0.15, -0.1) is 6.58 Å². The normalized spacial score (nSPS) is 9.40. The van der Waals surface area contributed by atoms with Crippen molar-refractivity contribution in [3.05, 3.63) is 36.4 Å². The smallest absolute Gasteiger partial charge is 0.257 e. The zero-order valence-electron chi connectivity index (χ0n) is 8.62. The second kappa shape index (κ2) is 5.05. The van der Waals surface area contributed by atoms with Gasteiger partial charge in [0.15, 0.2) is 0 Å². The van der Waals surface area contributed by atoms with Crippen LogP contribution in [0.5, 0.6) is 5.75 Å². The lowest BCUT2D eigenvalue weighted by molar-refractivity contribution is 0.0956. The van der Waals surface area contributed by atoms with E-state index in [1.807, 2.05) is 0 Å². The molecule has 1 rings (SSSR count). The molecule has 0 spiro atoms. The van der Waals surface area contributed by atoms with E-state index in [9.17, 15) is 4.79 Å². The number of amides is 1. The molecule has 0 bridgehead atoms. The molecule has 0 aliphatic rings. The minimum atomic E-state index is -0.259. The molecule has 1 amide bonds. The number of nitrogen functional groups attached to an aromatic ring is 1. The molecule has 0 atom stereocenters. The van der Waals surface area contributed by atoms with E-state index in [-0.39, 0.29) is 5.91 Å². The van der Waals surface area contributed by atoms with Crippen LogP contribution in [0.25, 0.3) is 0 Å². The van der Waals surface area contributed by atoms with E-state index in [0.29, 0.717) is 23.5 Å². The van der Waals surface area contributed by atoms with Crippen LogP contribution in [0.3, 0.4) is 0 Å². The predicted molar refractivity (Wildman–Crippen MR) is 59.9 cm³/mol. The van der Waals surface area contributed by atoms with Gasteiger partial charge >= 0.3 is 0 Å². The summed E-state index contributed by atoms with van der Waals surface area (Å²) in [5.74, 6) is 0.210. The van der Waals surface area contributed by atoms with Crippen LogP contribution in [-0.2, 0) is 0 Å². The van der Waals surface area contributed by atoms with E-state index >= 15 is 0 Å². The van der Waals surface area contributed by atoms with Crippen molar-refractivity contribution < 1.29 is 9.53 Å². The number of hydrogen-bond acceptors (Lipinski definition) is 3. The molecule has 0 aliphatic carbocycles. The van der Waals surface area contributed by atoms with Crippen molar-refractivity contribution in [1.82, 2.24) is 5.32 Å². The summed E-state index contributed by atoms with van der Waals surface area (Å²) in [6.45, 7) is 3.91. The van der Waals surface area contributed by atoms with E-state index in [1.165, 1.54) is 7.11 Å². The van der Waals surface area contributed by atoms with Crippen LogP contribution in [0.2, 0.25) is 0 Å². The van der Waals surface area contributed by atoms with Gasteiger partial charge in [0.1, 0.15) is 11.3 Å². The molecule has 0 fully saturated rings. The van der Waals surface area contributed by atoms with E-state index < -0.39 is 0 Å². The summed E-state index contributed by atoms with van der Waals surface area (Å²) in [7, 11) is 1.50. The highest BCUT2D eigenvalue weighted by molar-refractivity contribution is 6.01. The van der Waals surface area contributed by atoms with E-state index in [2.05, 4.69) is 11.9 Å². The summed E-state index contributed by atoms with van der Waals surface area (Å²) in [6.07, 6.45) is 1.60. The predicted octanol–water partition coefficient (Wildman–Crippen LogP) is 1.19. The summed E-state index contributed by atoms with van der Waals surface area (Å²) >= 11 is 0. The molecule has 1 aromatic rings. The Balaban J connectivity index is 3.00. The van der Waals surface area contributed by atoms with Gasteiger partial charge in [0.05, 0.1) is 7.11 Å². The van der Waals surface area contributed by atoms with Gasteiger partial charge in [-0.1, -0.05) is 12.1 Å². The second-order valence-corrected chi connectivity index (χ2v) is 2.92. The SMILES string of the molecule is C=CCNC(=O)c1c(N)cccc1OC. The second-order valence-electron chi connectivity index (χ2n) is 2.92. The first-order valence-electron chi connectivity index (χ1n) is 4.52. The molecule has 4 nitrogen and oxygen atoms in total. The van der Waals surface area contributed by atoms with Gasteiger partial charge in [0, 0.05) is 12.2 Å². The molecular weight excluding hydrogens is 192 g/mol. The Morgan fingerprint density at radius 2 is 2.40 bits per heavy atom. The van der Waals surface area contributed by atoms with Crippen LogP contribution >= 0.6 is 0 Å². The Morgan fingerprint density at radius 1 is 1.67 bits per heavy atom. The quantitative estimate of drug-likeness (QED) is 0.574. The Morgan fingerprint density at radius 3 is 3.00 bits per heavy atom. The first-order chi connectivity index (χ1) is 7.20. The Bertz CT molecular complexity index is 375. The molecule has 0 heterocycles. The van der Waals surface area contributed by atoms with Crippen molar-refractivity contribution >= 4 is 11.6 Å². The van der Waals surface area contributed by atoms with Crippen molar-refractivity contribution in [3.8, 4) is 5.75 Å². The number of methoxy groups -OCH3 is 1. The van der Waals surface area contributed by atoms with Gasteiger partial charge in [-0.2, -0.15) is 0 Å². The number of nitrogens with one attached hydrogen (secondary N) is 1. The van der Waals surface area contributed by atoms with Crippen molar-refractivity contribution in [2.24, 2.45) is 0 Å².